The summed E-state index contributed by atoms with van der Waals surface area (Å²) in [6, 6.07) is 13.5. The van der Waals surface area contributed by atoms with E-state index in [0.717, 1.165) is 17.7 Å². The number of benzene rings is 2. The van der Waals surface area contributed by atoms with Crippen LogP contribution < -0.4 is 10.1 Å². The van der Waals surface area contributed by atoms with Gasteiger partial charge >= 0.3 is 0 Å². The minimum absolute atomic E-state index is 0.141. The van der Waals surface area contributed by atoms with Crippen molar-refractivity contribution in [2.75, 3.05) is 20.2 Å². The molecule has 2 rings (SSSR count). The van der Waals surface area contributed by atoms with Crippen molar-refractivity contribution in [1.29, 1.82) is 0 Å². The van der Waals surface area contributed by atoms with E-state index in [2.05, 4.69) is 5.32 Å². The zero-order valence-corrected chi connectivity index (χ0v) is 17.6. The molecule has 6 nitrogen and oxygen atoms in total. The van der Waals surface area contributed by atoms with Gasteiger partial charge in [0, 0.05) is 18.7 Å². The van der Waals surface area contributed by atoms with Crippen molar-refractivity contribution in [3.63, 3.8) is 0 Å². The zero-order chi connectivity index (χ0) is 20.7. The number of nitrogens with zero attached hydrogens (tertiary/aromatic N) is 1. The van der Waals surface area contributed by atoms with E-state index in [1.54, 1.807) is 33.1 Å². The molecule has 0 heterocycles. The van der Waals surface area contributed by atoms with Crippen LogP contribution in [0.5, 0.6) is 5.75 Å². The lowest BCUT2D eigenvalue weighted by molar-refractivity contribution is 0.0935. The second-order valence-electron chi connectivity index (χ2n) is 6.32. The first-order chi connectivity index (χ1) is 13.4. The predicted octanol–water partition coefficient (Wildman–Crippen LogP) is 3.61. The number of hydrogen-bond acceptors (Lipinski definition) is 4. The van der Waals surface area contributed by atoms with Gasteiger partial charge in [-0.2, -0.15) is 4.31 Å². The second kappa shape index (κ2) is 9.71. The number of hydrogen-bond donors (Lipinski definition) is 1. The molecule has 0 saturated carbocycles. The number of carbonyl (C=O) groups excluding carboxylic acids is 1. The lowest BCUT2D eigenvalue weighted by atomic mass is 10.0. The predicted molar refractivity (Wildman–Crippen MR) is 110 cm³/mol. The Kier molecular flexibility index (Phi) is 7.60. The summed E-state index contributed by atoms with van der Waals surface area (Å²) in [6.45, 7) is 6.40. The zero-order valence-electron chi connectivity index (χ0n) is 16.8. The van der Waals surface area contributed by atoms with Crippen molar-refractivity contribution in [3.8, 4) is 5.75 Å². The largest absolute Gasteiger partial charge is 0.497 e. The van der Waals surface area contributed by atoms with Gasteiger partial charge in [0.05, 0.1) is 18.0 Å². The molecule has 152 valence electrons. The summed E-state index contributed by atoms with van der Waals surface area (Å²) < 4.78 is 31.7. The fourth-order valence-corrected chi connectivity index (χ4v) is 4.45. The number of amides is 1. The van der Waals surface area contributed by atoms with Crippen molar-refractivity contribution in [3.05, 3.63) is 59.7 Å². The lowest BCUT2D eigenvalue weighted by Crippen LogP contribution is -2.31. The molecule has 1 unspecified atom stereocenters. The third kappa shape index (κ3) is 4.91. The van der Waals surface area contributed by atoms with E-state index in [1.807, 2.05) is 31.2 Å². The maximum atomic E-state index is 12.6. The number of rotatable bonds is 9. The van der Waals surface area contributed by atoms with Gasteiger partial charge in [-0.05, 0) is 48.4 Å². The van der Waals surface area contributed by atoms with Gasteiger partial charge in [-0.1, -0.05) is 32.9 Å². The molecule has 0 aliphatic heterocycles. The van der Waals surface area contributed by atoms with Gasteiger partial charge < -0.3 is 10.1 Å². The molecule has 0 aliphatic rings. The van der Waals surface area contributed by atoms with Crippen LogP contribution in [0.3, 0.4) is 0 Å². The smallest absolute Gasteiger partial charge is 0.251 e. The maximum absolute atomic E-state index is 12.6. The number of carbonyl (C=O) groups is 1. The van der Waals surface area contributed by atoms with Crippen LogP contribution in [0.4, 0.5) is 0 Å². The third-order valence-corrected chi connectivity index (χ3v) is 6.76. The third-order valence-electron chi connectivity index (χ3n) is 4.69. The standard InChI is InChI=1S/C21H28N2O4S/c1-5-20(16-8-12-18(27-4)13-9-16)22-21(24)17-10-14-19(15-11-17)28(25,26)23(6-2)7-3/h8-15,20H,5-7H2,1-4H3,(H,22,24). The quantitative estimate of drug-likeness (QED) is 0.693. The molecule has 28 heavy (non-hydrogen) atoms. The molecule has 1 amide bonds. The van der Waals surface area contributed by atoms with Crippen molar-refractivity contribution in [1.82, 2.24) is 9.62 Å². The fourth-order valence-electron chi connectivity index (χ4n) is 2.99. The molecule has 1 atom stereocenters. The summed E-state index contributed by atoms with van der Waals surface area (Å²) in [6.07, 6.45) is 0.729. The molecule has 0 bridgehead atoms. The van der Waals surface area contributed by atoms with E-state index < -0.39 is 10.0 Å². The highest BCUT2D eigenvalue weighted by Gasteiger charge is 2.22. The Bertz CT molecular complexity index is 874. The molecular formula is C21H28N2O4S. The molecular weight excluding hydrogens is 376 g/mol. The molecule has 2 aromatic carbocycles. The number of ether oxygens (including phenoxy) is 1. The number of sulfonamides is 1. The van der Waals surface area contributed by atoms with Gasteiger partial charge in [-0.25, -0.2) is 8.42 Å². The normalized spacial score (nSPS) is 12.6. The summed E-state index contributed by atoms with van der Waals surface area (Å²) in [5.74, 6) is 0.518. The molecule has 2 aromatic rings. The number of methoxy groups -OCH3 is 1. The van der Waals surface area contributed by atoms with E-state index in [-0.39, 0.29) is 16.8 Å². The molecule has 1 N–H and O–H groups in total. The van der Waals surface area contributed by atoms with Gasteiger partial charge in [0.25, 0.3) is 5.91 Å². The van der Waals surface area contributed by atoms with Crippen LogP contribution in [0.2, 0.25) is 0 Å². The summed E-state index contributed by atoms with van der Waals surface area (Å²) in [5, 5.41) is 3.00. The van der Waals surface area contributed by atoms with Crippen LogP contribution in [-0.2, 0) is 10.0 Å². The average Bonchev–Trinajstić information content (AvgIpc) is 2.72. The highest BCUT2D eigenvalue weighted by Crippen LogP contribution is 2.21. The molecule has 0 spiro atoms. The Morgan fingerprint density at radius 2 is 1.57 bits per heavy atom. The summed E-state index contributed by atoms with van der Waals surface area (Å²) in [5.41, 5.74) is 1.41. The average molecular weight is 405 g/mol. The van der Waals surface area contributed by atoms with E-state index in [9.17, 15) is 13.2 Å². The summed E-state index contributed by atoms with van der Waals surface area (Å²) in [7, 11) is -1.92. The van der Waals surface area contributed by atoms with Gasteiger partial charge in [0.2, 0.25) is 10.0 Å². The van der Waals surface area contributed by atoms with E-state index >= 15 is 0 Å². The van der Waals surface area contributed by atoms with E-state index in [4.69, 9.17) is 4.74 Å². The van der Waals surface area contributed by atoms with Crippen LogP contribution in [-0.4, -0.2) is 38.8 Å². The topological polar surface area (TPSA) is 75.7 Å². The van der Waals surface area contributed by atoms with Crippen molar-refractivity contribution >= 4 is 15.9 Å². The maximum Gasteiger partial charge on any atom is 0.251 e. The summed E-state index contributed by atoms with van der Waals surface area (Å²) in [4.78, 5) is 12.8. The molecule has 0 aromatic heterocycles. The van der Waals surface area contributed by atoms with Gasteiger partial charge in [-0.15, -0.1) is 0 Å². The monoisotopic (exact) mass is 404 g/mol. The highest BCUT2D eigenvalue weighted by molar-refractivity contribution is 7.89. The molecule has 7 heteroatoms. The first-order valence-corrected chi connectivity index (χ1v) is 10.9. The van der Waals surface area contributed by atoms with Crippen molar-refractivity contribution < 1.29 is 17.9 Å². The van der Waals surface area contributed by atoms with E-state index in [0.29, 0.717) is 18.7 Å². The molecule has 0 aliphatic carbocycles. The Morgan fingerprint density at radius 1 is 1.00 bits per heavy atom. The Balaban J connectivity index is 2.15. The Hall–Kier alpha value is -2.38. The van der Waals surface area contributed by atoms with Crippen molar-refractivity contribution in [2.45, 2.75) is 38.1 Å². The first-order valence-electron chi connectivity index (χ1n) is 9.42. The SMILES string of the molecule is CCC(NC(=O)c1ccc(S(=O)(=O)N(CC)CC)cc1)c1ccc(OC)cc1. The lowest BCUT2D eigenvalue weighted by Gasteiger charge is -2.19. The van der Waals surface area contributed by atoms with Crippen molar-refractivity contribution in [2.24, 2.45) is 0 Å². The molecule has 0 saturated heterocycles. The first kappa shape index (κ1) is 21.9. The molecule has 0 fully saturated rings. The fraction of sp³-hybridized carbons (Fsp3) is 0.381. The number of nitrogens with one attached hydrogen (secondary N) is 1. The van der Waals surface area contributed by atoms with Crippen LogP contribution in [0.25, 0.3) is 0 Å². The Morgan fingerprint density at radius 3 is 2.04 bits per heavy atom. The van der Waals surface area contributed by atoms with Gasteiger partial charge in [0.1, 0.15) is 5.75 Å². The summed E-state index contributed by atoms with van der Waals surface area (Å²) >= 11 is 0. The van der Waals surface area contributed by atoms with Crippen LogP contribution in [0, 0.1) is 0 Å². The van der Waals surface area contributed by atoms with Crippen LogP contribution >= 0.6 is 0 Å². The van der Waals surface area contributed by atoms with E-state index in [1.165, 1.54) is 16.4 Å². The minimum Gasteiger partial charge on any atom is -0.497 e. The van der Waals surface area contributed by atoms with Crippen LogP contribution in [0.1, 0.15) is 49.2 Å². The van der Waals surface area contributed by atoms with Crippen LogP contribution in [0.15, 0.2) is 53.4 Å². The minimum atomic E-state index is -3.53. The highest BCUT2D eigenvalue weighted by atomic mass is 32.2. The van der Waals surface area contributed by atoms with Gasteiger partial charge in [-0.3, -0.25) is 4.79 Å². The second-order valence-corrected chi connectivity index (χ2v) is 8.26. The Labute approximate surface area is 167 Å². The molecule has 0 radical (unpaired) electrons. The van der Waals surface area contributed by atoms with Gasteiger partial charge in [0.15, 0.2) is 0 Å².